The van der Waals surface area contributed by atoms with Crippen LogP contribution in [-0.4, -0.2) is 16.5 Å². The third-order valence-corrected chi connectivity index (χ3v) is 1.19. The van der Waals surface area contributed by atoms with Gasteiger partial charge in [0, 0.05) is 12.6 Å². The number of aromatic hydroxyl groups is 1. The zero-order valence-electron chi connectivity index (χ0n) is 6.66. The van der Waals surface area contributed by atoms with Gasteiger partial charge in [-0.3, -0.25) is 4.79 Å². The van der Waals surface area contributed by atoms with Crippen molar-refractivity contribution in [1.82, 2.24) is 0 Å². The molecule has 0 spiro atoms. The summed E-state index contributed by atoms with van der Waals surface area (Å²) in [5, 5.41) is 11.5. The van der Waals surface area contributed by atoms with Gasteiger partial charge in [0.25, 0.3) is 0 Å². The standard InChI is InChI=1S/C8H9NO2.H2O/c1-6(10)9-7-2-4-8(11)5-3-7;/h2-5,11H,1H3,(H,9,10);1H2. The van der Waals surface area contributed by atoms with Crippen molar-refractivity contribution in [1.29, 1.82) is 0 Å². The molecular weight excluding hydrogens is 158 g/mol. The lowest BCUT2D eigenvalue weighted by molar-refractivity contribution is -0.114. The summed E-state index contributed by atoms with van der Waals surface area (Å²) >= 11 is 0. The molecule has 1 aromatic carbocycles. The first-order chi connectivity index (χ1) is 5.18. The monoisotopic (exact) mass is 169 g/mol. The minimum absolute atomic E-state index is 0. The maximum atomic E-state index is 10.5. The smallest absolute Gasteiger partial charge is 0.221 e. The average molecular weight is 169 g/mol. The molecule has 0 fully saturated rings. The van der Waals surface area contributed by atoms with Gasteiger partial charge in [-0.25, -0.2) is 0 Å². The van der Waals surface area contributed by atoms with Gasteiger partial charge >= 0.3 is 0 Å². The lowest BCUT2D eigenvalue weighted by atomic mass is 10.3. The highest BCUT2D eigenvalue weighted by atomic mass is 16.3. The van der Waals surface area contributed by atoms with E-state index >= 15 is 0 Å². The predicted octanol–water partition coefficient (Wildman–Crippen LogP) is 0.526. The van der Waals surface area contributed by atoms with Crippen LogP contribution in [0.25, 0.3) is 0 Å². The van der Waals surface area contributed by atoms with Crippen LogP contribution in [0.5, 0.6) is 5.75 Å². The van der Waals surface area contributed by atoms with Crippen molar-refractivity contribution in [2.45, 2.75) is 6.92 Å². The normalized spacial score (nSPS) is 8.42. The van der Waals surface area contributed by atoms with Crippen LogP contribution in [0.1, 0.15) is 6.92 Å². The molecule has 0 radical (unpaired) electrons. The summed E-state index contributed by atoms with van der Waals surface area (Å²) in [6.07, 6.45) is 0. The topological polar surface area (TPSA) is 80.8 Å². The van der Waals surface area contributed by atoms with Gasteiger partial charge in [-0.15, -0.1) is 0 Å². The fourth-order valence-electron chi connectivity index (χ4n) is 0.748. The van der Waals surface area contributed by atoms with Gasteiger partial charge in [-0.1, -0.05) is 0 Å². The Balaban J connectivity index is 0.00000121. The number of hydrogen-bond acceptors (Lipinski definition) is 2. The Morgan fingerprint density at radius 1 is 1.33 bits per heavy atom. The van der Waals surface area contributed by atoms with E-state index < -0.39 is 0 Å². The van der Waals surface area contributed by atoms with Gasteiger partial charge in [0.05, 0.1) is 0 Å². The maximum absolute atomic E-state index is 10.5. The molecule has 0 aliphatic carbocycles. The Bertz CT molecular complexity index is 256. The molecule has 0 unspecified atom stereocenters. The molecule has 1 aromatic rings. The Hall–Kier alpha value is -1.55. The van der Waals surface area contributed by atoms with Crippen molar-refractivity contribution in [2.75, 3.05) is 5.32 Å². The van der Waals surface area contributed by atoms with E-state index in [1.165, 1.54) is 19.1 Å². The van der Waals surface area contributed by atoms with Crippen LogP contribution in [0.2, 0.25) is 0 Å². The van der Waals surface area contributed by atoms with E-state index in [1.54, 1.807) is 12.1 Å². The van der Waals surface area contributed by atoms with Gasteiger partial charge in [0.15, 0.2) is 0 Å². The van der Waals surface area contributed by atoms with Crippen LogP contribution in [0, 0.1) is 0 Å². The second kappa shape index (κ2) is 4.35. The minimum atomic E-state index is -0.115. The molecule has 0 aliphatic heterocycles. The van der Waals surface area contributed by atoms with E-state index in [0.29, 0.717) is 5.69 Å². The number of amides is 1. The summed E-state index contributed by atoms with van der Waals surface area (Å²) in [6.45, 7) is 1.44. The molecule has 1 amide bonds. The highest BCUT2D eigenvalue weighted by Gasteiger charge is 1.93. The van der Waals surface area contributed by atoms with Crippen LogP contribution >= 0.6 is 0 Å². The van der Waals surface area contributed by atoms with Crippen molar-refractivity contribution >= 4 is 11.6 Å². The van der Waals surface area contributed by atoms with E-state index in [-0.39, 0.29) is 17.1 Å². The molecule has 66 valence electrons. The lowest BCUT2D eigenvalue weighted by Crippen LogP contribution is -2.04. The molecule has 4 heteroatoms. The number of carbonyl (C=O) groups is 1. The number of benzene rings is 1. The largest absolute Gasteiger partial charge is 0.508 e. The molecule has 12 heavy (non-hydrogen) atoms. The van der Waals surface area contributed by atoms with Crippen molar-refractivity contribution in [3.05, 3.63) is 24.3 Å². The van der Waals surface area contributed by atoms with E-state index in [9.17, 15) is 4.79 Å². The quantitative estimate of drug-likeness (QED) is 0.601. The van der Waals surface area contributed by atoms with Crippen LogP contribution in [0.4, 0.5) is 5.69 Å². The second-order valence-electron chi connectivity index (χ2n) is 2.23. The van der Waals surface area contributed by atoms with Gasteiger partial charge in [-0.05, 0) is 24.3 Å². The Morgan fingerprint density at radius 3 is 2.25 bits per heavy atom. The fourth-order valence-corrected chi connectivity index (χ4v) is 0.748. The molecule has 0 saturated heterocycles. The predicted molar refractivity (Wildman–Crippen MR) is 46.0 cm³/mol. The van der Waals surface area contributed by atoms with Crippen LogP contribution in [-0.2, 0) is 4.79 Å². The molecule has 4 N–H and O–H groups in total. The van der Waals surface area contributed by atoms with Crippen LogP contribution in [0.15, 0.2) is 24.3 Å². The first kappa shape index (κ1) is 10.4. The molecule has 4 nitrogen and oxygen atoms in total. The fraction of sp³-hybridized carbons (Fsp3) is 0.125. The molecule has 0 atom stereocenters. The second-order valence-corrected chi connectivity index (χ2v) is 2.23. The third kappa shape index (κ3) is 3.03. The highest BCUT2D eigenvalue weighted by Crippen LogP contribution is 2.13. The number of hydrogen-bond donors (Lipinski definition) is 2. The summed E-state index contributed by atoms with van der Waals surface area (Å²) in [6, 6.07) is 6.31. The van der Waals surface area contributed by atoms with Crippen molar-refractivity contribution in [2.24, 2.45) is 0 Å². The summed E-state index contributed by atoms with van der Waals surface area (Å²) < 4.78 is 0. The number of phenolic OH excluding ortho intramolecular Hbond substituents is 1. The lowest BCUT2D eigenvalue weighted by Gasteiger charge is -1.99. The average Bonchev–Trinajstić information content (AvgIpc) is 1.93. The Labute approximate surface area is 70.1 Å². The van der Waals surface area contributed by atoms with Gasteiger partial charge in [0.1, 0.15) is 5.75 Å². The van der Waals surface area contributed by atoms with Crippen molar-refractivity contribution in [3.63, 3.8) is 0 Å². The summed E-state index contributed by atoms with van der Waals surface area (Å²) in [5.74, 6) is 0.0785. The summed E-state index contributed by atoms with van der Waals surface area (Å²) in [7, 11) is 0. The molecular formula is C8H11NO3. The van der Waals surface area contributed by atoms with Gasteiger partial charge in [0.2, 0.25) is 5.91 Å². The van der Waals surface area contributed by atoms with Gasteiger partial charge < -0.3 is 15.9 Å². The van der Waals surface area contributed by atoms with Crippen LogP contribution < -0.4 is 5.32 Å². The van der Waals surface area contributed by atoms with Crippen molar-refractivity contribution < 1.29 is 15.4 Å². The van der Waals surface area contributed by atoms with E-state index in [0.717, 1.165) is 0 Å². The molecule has 1 rings (SSSR count). The first-order valence-corrected chi connectivity index (χ1v) is 3.25. The highest BCUT2D eigenvalue weighted by molar-refractivity contribution is 5.88. The number of nitrogens with one attached hydrogen (secondary N) is 1. The van der Waals surface area contributed by atoms with E-state index in [4.69, 9.17) is 5.11 Å². The molecule has 0 saturated carbocycles. The zero-order valence-corrected chi connectivity index (χ0v) is 6.66. The molecule has 0 heterocycles. The summed E-state index contributed by atoms with van der Waals surface area (Å²) in [5.41, 5.74) is 0.690. The number of carbonyl (C=O) groups excluding carboxylic acids is 1. The molecule has 0 bridgehead atoms. The Morgan fingerprint density at radius 2 is 1.83 bits per heavy atom. The first-order valence-electron chi connectivity index (χ1n) is 3.25. The Kier molecular flexibility index (Phi) is 3.79. The molecule has 0 aliphatic rings. The van der Waals surface area contributed by atoms with Crippen LogP contribution in [0.3, 0.4) is 0 Å². The van der Waals surface area contributed by atoms with E-state index in [1.807, 2.05) is 0 Å². The summed E-state index contributed by atoms with van der Waals surface area (Å²) in [4.78, 5) is 10.5. The number of phenols is 1. The van der Waals surface area contributed by atoms with E-state index in [2.05, 4.69) is 5.32 Å². The number of rotatable bonds is 1. The molecule has 0 aromatic heterocycles. The maximum Gasteiger partial charge on any atom is 0.221 e. The minimum Gasteiger partial charge on any atom is -0.508 e. The van der Waals surface area contributed by atoms with Crippen molar-refractivity contribution in [3.8, 4) is 5.75 Å². The number of anilines is 1. The zero-order chi connectivity index (χ0) is 8.27. The van der Waals surface area contributed by atoms with Gasteiger partial charge in [-0.2, -0.15) is 0 Å². The third-order valence-electron chi connectivity index (χ3n) is 1.19. The SMILES string of the molecule is CC(=O)Nc1ccc(O)cc1.O.